The second-order valence-electron chi connectivity index (χ2n) is 11.1. The maximum Gasteiger partial charge on any atom is 0.403 e. The standard InChI is InChI=1S/C27H28F3N3O4S2/c1-15-10-18(23-16(2)32-17(3)38-23)4-5-22(15)39(36,37)19-11-20(21(34)12-25(14-31)6-7-25)33(13-19)24(35)26(8-9-26)27(28,29)30/h4-5,10,19-20H,6-9,11-13H2,1-3H3/t19-,20+/m1/s1. The summed E-state index contributed by atoms with van der Waals surface area (Å²) in [6.07, 6.45) is -5.07. The number of nitrogens with zero attached hydrogens (tertiary/aromatic N) is 3. The highest BCUT2D eigenvalue weighted by molar-refractivity contribution is 7.92. The molecule has 0 bridgehead atoms. The molecule has 2 saturated carbocycles. The van der Waals surface area contributed by atoms with Gasteiger partial charge in [0.25, 0.3) is 0 Å². The van der Waals surface area contributed by atoms with Gasteiger partial charge in [-0.25, -0.2) is 13.4 Å². The van der Waals surface area contributed by atoms with Crippen LogP contribution < -0.4 is 0 Å². The average Bonchev–Trinajstić information content (AvgIpc) is 3.75. The summed E-state index contributed by atoms with van der Waals surface area (Å²) in [6, 6.07) is 5.66. The zero-order valence-corrected chi connectivity index (χ0v) is 23.4. The Labute approximate surface area is 228 Å². The fourth-order valence-electron chi connectivity index (χ4n) is 5.59. The highest BCUT2D eigenvalue weighted by Gasteiger charge is 2.70. The summed E-state index contributed by atoms with van der Waals surface area (Å²) in [6.45, 7) is 4.89. The predicted molar refractivity (Wildman–Crippen MR) is 137 cm³/mol. The molecular formula is C27H28F3N3O4S2. The van der Waals surface area contributed by atoms with Gasteiger partial charge in [0.15, 0.2) is 15.6 Å². The van der Waals surface area contributed by atoms with Crippen molar-refractivity contribution in [3.8, 4) is 16.5 Å². The number of rotatable bonds is 7. The first-order chi connectivity index (χ1) is 18.1. The van der Waals surface area contributed by atoms with Gasteiger partial charge in [-0.2, -0.15) is 18.4 Å². The van der Waals surface area contributed by atoms with E-state index in [0.717, 1.165) is 26.0 Å². The van der Waals surface area contributed by atoms with Gasteiger partial charge < -0.3 is 4.90 Å². The van der Waals surface area contributed by atoms with Crippen LogP contribution >= 0.6 is 11.3 Å². The number of hydrogen-bond acceptors (Lipinski definition) is 7. The lowest BCUT2D eigenvalue weighted by Gasteiger charge is -2.29. The third-order valence-electron chi connectivity index (χ3n) is 8.29. The van der Waals surface area contributed by atoms with Crippen LogP contribution in [-0.2, 0) is 19.4 Å². The Morgan fingerprint density at radius 2 is 1.85 bits per heavy atom. The smallest absolute Gasteiger partial charge is 0.331 e. The second-order valence-corrected chi connectivity index (χ2v) is 14.5. The lowest BCUT2D eigenvalue weighted by atomic mass is 9.95. The molecule has 208 valence electrons. The lowest BCUT2D eigenvalue weighted by Crippen LogP contribution is -2.49. The van der Waals surface area contributed by atoms with E-state index in [4.69, 9.17) is 0 Å². The Morgan fingerprint density at radius 1 is 1.18 bits per heavy atom. The van der Waals surface area contributed by atoms with E-state index < -0.39 is 56.4 Å². The number of benzene rings is 1. The van der Waals surface area contributed by atoms with Crippen molar-refractivity contribution in [2.45, 2.75) is 81.7 Å². The van der Waals surface area contributed by atoms with Gasteiger partial charge >= 0.3 is 6.18 Å². The minimum atomic E-state index is -4.79. The number of Topliss-reactive ketones (excluding diaryl/α,β-unsaturated/α-hetero) is 1. The lowest BCUT2D eigenvalue weighted by molar-refractivity contribution is -0.199. The fourth-order valence-corrected chi connectivity index (χ4v) is 8.42. The topological polar surface area (TPSA) is 108 Å². The van der Waals surface area contributed by atoms with Crippen LogP contribution in [0, 0.1) is 42.9 Å². The van der Waals surface area contributed by atoms with E-state index in [1.54, 1.807) is 19.1 Å². The number of halogens is 3. The van der Waals surface area contributed by atoms with Gasteiger partial charge in [0.05, 0.1) is 43.3 Å². The van der Waals surface area contributed by atoms with E-state index in [-0.39, 0.29) is 30.6 Å². The van der Waals surface area contributed by atoms with Crippen LogP contribution in [0.4, 0.5) is 13.2 Å². The van der Waals surface area contributed by atoms with Crippen molar-refractivity contribution in [2.24, 2.45) is 10.8 Å². The number of nitriles is 1. The Kier molecular flexibility index (Phi) is 6.50. The summed E-state index contributed by atoms with van der Waals surface area (Å²) >= 11 is 1.49. The quantitative estimate of drug-likeness (QED) is 0.453. The summed E-state index contributed by atoms with van der Waals surface area (Å²) in [5.74, 6) is -1.79. The summed E-state index contributed by atoms with van der Waals surface area (Å²) in [5.41, 5.74) is -1.36. The third kappa shape index (κ3) is 4.67. The van der Waals surface area contributed by atoms with Crippen LogP contribution in [-0.4, -0.2) is 54.0 Å². The van der Waals surface area contributed by atoms with Crippen LogP contribution in [0.15, 0.2) is 23.1 Å². The average molecular weight is 580 g/mol. The number of hydrogen-bond donors (Lipinski definition) is 0. The van der Waals surface area contributed by atoms with E-state index in [9.17, 15) is 36.4 Å². The zero-order chi connectivity index (χ0) is 28.5. The molecule has 2 aromatic rings. The van der Waals surface area contributed by atoms with Crippen LogP contribution in [0.5, 0.6) is 0 Å². The third-order valence-corrected chi connectivity index (χ3v) is 11.7. The molecule has 2 heterocycles. The van der Waals surface area contributed by atoms with E-state index in [1.165, 1.54) is 17.4 Å². The molecule has 0 N–H and O–H groups in total. The van der Waals surface area contributed by atoms with Gasteiger partial charge in [-0.15, -0.1) is 11.3 Å². The zero-order valence-electron chi connectivity index (χ0n) is 21.8. The molecule has 0 radical (unpaired) electrons. The number of aromatic nitrogens is 1. The molecule has 3 fully saturated rings. The summed E-state index contributed by atoms with van der Waals surface area (Å²) in [7, 11) is -4.10. The molecule has 3 aliphatic rings. The molecule has 1 saturated heterocycles. The number of ketones is 1. The van der Waals surface area contributed by atoms with E-state index in [2.05, 4.69) is 11.1 Å². The Balaban J connectivity index is 1.46. The van der Waals surface area contributed by atoms with Crippen LogP contribution in [0.2, 0.25) is 0 Å². The molecule has 2 aliphatic carbocycles. The first-order valence-corrected chi connectivity index (χ1v) is 15.1. The number of alkyl halides is 3. The van der Waals surface area contributed by atoms with Gasteiger partial charge in [-0.1, -0.05) is 6.07 Å². The van der Waals surface area contributed by atoms with Crippen molar-refractivity contribution in [1.82, 2.24) is 9.88 Å². The molecule has 2 atom stereocenters. The Hall–Kier alpha value is -2.78. The number of sulfone groups is 1. The molecule has 5 rings (SSSR count). The molecule has 1 aromatic heterocycles. The van der Waals surface area contributed by atoms with Crippen molar-refractivity contribution in [2.75, 3.05) is 6.54 Å². The van der Waals surface area contributed by atoms with Gasteiger partial charge in [-0.05, 0) is 76.1 Å². The number of thiazole rings is 1. The molecule has 0 unspecified atom stereocenters. The summed E-state index contributed by atoms with van der Waals surface area (Å²) in [4.78, 5) is 32.7. The normalized spacial score (nSPS) is 23.4. The second kappa shape index (κ2) is 9.13. The fraction of sp³-hybridized carbons (Fsp3) is 0.556. The molecule has 7 nitrogen and oxygen atoms in total. The van der Waals surface area contributed by atoms with Crippen molar-refractivity contribution >= 4 is 32.9 Å². The van der Waals surface area contributed by atoms with Gasteiger partial charge in [0.2, 0.25) is 5.91 Å². The number of amides is 1. The number of carbonyl (C=O) groups excluding carboxylic acids is 2. The van der Waals surface area contributed by atoms with Crippen LogP contribution in [0.25, 0.3) is 10.4 Å². The first-order valence-electron chi connectivity index (χ1n) is 12.7. The van der Waals surface area contributed by atoms with Crippen LogP contribution in [0.1, 0.15) is 54.8 Å². The van der Waals surface area contributed by atoms with Crippen molar-refractivity contribution in [1.29, 1.82) is 5.26 Å². The van der Waals surface area contributed by atoms with Gasteiger partial charge in [0.1, 0.15) is 5.41 Å². The monoisotopic (exact) mass is 579 g/mol. The number of aryl methyl sites for hydroxylation is 3. The number of carbonyl (C=O) groups is 2. The van der Waals surface area contributed by atoms with E-state index in [1.807, 2.05) is 13.8 Å². The van der Waals surface area contributed by atoms with E-state index in [0.29, 0.717) is 18.4 Å². The largest absolute Gasteiger partial charge is 0.403 e. The van der Waals surface area contributed by atoms with Crippen LogP contribution in [0.3, 0.4) is 0 Å². The molecule has 1 aromatic carbocycles. The Bertz CT molecular complexity index is 1520. The highest BCUT2D eigenvalue weighted by Crippen LogP contribution is 2.59. The van der Waals surface area contributed by atoms with Gasteiger partial charge in [-0.3, -0.25) is 9.59 Å². The highest BCUT2D eigenvalue weighted by atomic mass is 32.2. The van der Waals surface area contributed by atoms with Crippen molar-refractivity contribution in [3.05, 3.63) is 34.5 Å². The molecule has 39 heavy (non-hydrogen) atoms. The first kappa shape index (κ1) is 27.8. The predicted octanol–water partition coefficient (Wildman–Crippen LogP) is 5.08. The molecular weight excluding hydrogens is 551 g/mol. The molecule has 12 heteroatoms. The maximum absolute atomic E-state index is 13.8. The summed E-state index contributed by atoms with van der Waals surface area (Å²) < 4.78 is 69.1. The maximum atomic E-state index is 13.8. The number of likely N-dealkylation sites (tertiary alicyclic amines) is 1. The minimum Gasteiger partial charge on any atom is -0.331 e. The minimum absolute atomic E-state index is 0.0169. The molecule has 1 aliphatic heterocycles. The summed E-state index contributed by atoms with van der Waals surface area (Å²) in [5, 5.41) is 9.06. The van der Waals surface area contributed by atoms with Gasteiger partial charge in [0, 0.05) is 13.0 Å². The van der Waals surface area contributed by atoms with Crippen molar-refractivity contribution < 1.29 is 31.2 Å². The molecule has 1 amide bonds. The van der Waals surface area contributed by atoms with Crippen molar-refractivity contribution in [3.63, 3.8) is 0 Å². The van der Waals surface area contributed by atoms with E-state index >= 15 is 0 Å². The molecule has 0 spiro atoms. The Morgan fingerprint density at radius 3 is 2.33 bits per heavy atom. The SMILES string of the molecule is Cc1nc(C)c(-c2ccc(S(=O)(=O)[C@@H]3C[C@@H](C(=O)CC4(C#N)CC4)N(C(=O)C4(C(F)(F)F)CC4)C3)c(C)c2)s1.